The molecule has 1 aromatic rings. The Morgan fingerprint density at radius 2 is 2.18 bits per heavy atom. The van der Waals surface area contributed by atoms with Gasteiger partial charge in [0.25, 0.3) is 5.91 Å². The molecule has 1 aromatic carbocycles. The van der Waals surface area contributed by atoms with Crippen molar-refractivity contribution in [1.29, 1.82) is 0 Å². The quantitative estimate of drug-likeness (QED) is 0.810. The van der Waals surface area contributed by atoms with Gasteiger partial charge in [-0.25, -0.2) is 0 Å². The lowest BCUT2D eigenvalue weighted by molar-refractivity contribution is 0.0703. The summed E-state index contributed by atoms with van der Waals surface area (Å²) in [6.07, 6.45) is 3.64. The minimum Gasteiger partial charge on any atom is -0.399 e. The smallest absolute Gasteiger partial charge is 0.254 e. The van der Waals surface area contributed by atoms with Crippen molar-refractivity contribution in [2.24, 2.45) is 5.92 Å². The normalized spacial score (nSPS) is 26.5. The summed E-state index contributed by atoms with van der Waals surface area (Å²) >= 11 is 3.38. The largest absolute Gasteiger partial charge is 0.399 e. The van der Waals surface area contributed by atoms with Crippen molar-refractivity contribution in [2.75, 3.05) is 12.3 Å². The molecule has 1 aliphatic heterocycles. The van der Waals surface area contributed by atoms with Crippen LogP contribution in [0.1, 0.15) is 29.6 Å². The number of carbonyl (C=O) groups excluding carboxylic acids is 1. The van der Waals surface area contributed by atoms with Gasteiger partial charge in [-0.15, -0.1) is 0 Å². The van der Waals surface area contributed by atoms with Gasteiger partial charge in [0, 0.05) is 28.3 Å². The molecule has 0 aromatic heterocycles. The first-order valence-corrected chi connectivity index (χ1v) is 6.80. The zero-order valence-electron chi connectivity index (χ0n) is 9.53. The van der Waals surface area contributed by atoms with E-state index in [1.807, 2.05) is 17.0 Å². The number of halogens is 1. The third-order valence-electron chi connectivity index (χ3n) is 3.84. The lowest BCUT2D eigenvalue weighted by Crippen LogP contribution is -2.37. The van der Waals surface area contributed by atoms with Gasteiger partial charge in [0.2, 0.25) is 0 Å². The Morgan fingerprint density at radius 3 is 2.76 bits per heavy atom. The van der Waals surface area contributed by atoms with Crippen LogP contribution in [0.15, 0.2) is 22.7 Å². The SMILES string of the molecule is Nc1cc(Br)cc(C(=O)N2CC3CCC2C3)c1. The fourth-order valence-corrected chi connectivity index (χ4v) is 3.59. The number of amides is 1. The minimum atomic E-state index is 0.130. The van der Waals surface area contributed by atoms with E-state index in [1.54, 1.807) is 6.07 Å². The number of nitrogens with zero attached hydrogens (tertiary/aromatic N) is 1. The number of hydrogen-bond acceptors (Lipinski definition) is 2. The van der Waals surface area contributed by atoms with Crippen LogP contribution in [0.4, 0.5) is 5.69 Å². The molecule has 1 saturated heterocycles. The Balaban J connectivity index is 1.86. The predicted octanol–water partition coefficient (Wildman–Crippen LogP) is 2.66. The van der Waals surface area contributed by atoms with Crippen molar-refractivity contribution in [3.8, 4) is 0 Å². The van der Waals surface area contributed by atoms with Crippen molar-refractivity contribution in [1.82, 2.24) is 4.90 Å². The number of benzene rings is 1. The summed E-state index contributed by atoms with van der Waals surface area (Å²) in [6, 6.07) is 5.89. The van der Waals surface area contributed by atoms with Gasteiger partial charge in [-0.05, 0) is 43.4 Å². The Hall–Kier alpha value is -1.03. The molecule has 1 saturated carbocycles. The molecular formula is C13H15BrN2O. The maximum Gasteiger partial charge on any atom is 0.254 e. The van der Waals surface area contributed by atoms with Gasteiger partial charge >= 0.3 is 0 Å². The lowest BCUT2D eigenvalue weighted by atomic mass is 10.1. The van der Waals surface area contributed by atoms with Crippen molar-refractivity contribution in [3.63, 3.8) is 0 Å². The number of carbonyl (C=O) groups is 1. The molecule has 2 aliphatic rings. The van der Waals surface area contributed by atoms with Gasteiger partial charge < -0.3 is 10.6 Å². The molecule has 17 heavy (non-hydrogen) atoms. The molecular weight excluding hydrogens is 280 g/mol. The molecule has 2 N–H and O–H groups in total. The average Bonchev–Trinajstić information content (AvgIpc) is 2.88. The standard InChI is InChI=1S/C13H15BrN2O/c14-10-4-9(5-11(15)6-10)13(17)16-7-8-1-2-12(16)3-8/h4-6,8,12H,1-3,7,15H2. The Kier molecular flexibility index (Phi) is 2.62. The third kappa shape index (κ3) is 1.95. The maximum atomic E-state index is 12.4. The van der Waals surface area contributed by atoms with E-state index >= 15 is 0 Å². The van der Waals surface area contributed by atoms with E-state index < -0.39 is 0 Å². The van der Waals surface area contributed by atoms with Gasteiger partial charge in [-0.3, -0.25) is 4.79 Å². The van der Waals surface area contributed by atoms with Crippen molar-refractivity contribution < 1.29 is 4.79 Å². The number of anilines is 1. The molecule has 0 spiro atoms. The number of nitrogen functional groups attached to an aromatic ring is 1. The van der Waals surface area contributed by atoms with Crippen molar-refractivity contribution in [2.45, 2.75) is 25.3 Å². The van der Waals surface area contributed by atoms with E-state index in [2.05, 4.69) is 15.9 Å². The second-order valence-electron chi connectivity index (χ2n) is 5.06. The average molecular weight is 295 g/mol. The Bertz CT molecular complexity index is 454. The highest BCUT2D eigenvalue weighted by atomic mass is 79.9. The molecule has 1 heterocycles. The van der Waals surface area contributed by atoms with Crippen LogP contribution in [0.2, 0.25) is 0 Å². The zero-order chi connectivity index (χ0) is 12.0. The molecule has 2 fully saturated rings. The Labute approximate surface area is 109 Å². The zero-order valence-corrected chi connectivity index (χ0v) is 11.1. The second-order valence-corrected chi connectivity index (χ2v) is 5.98. The number of nitrogens with two attached hydrogens (primary N) is 1. The van der Waals surface area contributed by atoms with Crippen LogP contribution >= 0.6 is 15.9 Å². The van der Waals surface area contributed by atoms with Crippen LogP contribution in [-0.2, 0) is 0 Å². The highest BCUT2D eigenvalue weighted by Crippen LogP contribution is 2.38. The van der Waals surface area contributed by atoms with E-state index in [0.29, 0.717) is 17.3 Å². The fraction of sp³-hybridized carbons (Fsp3) is 0.462. The van der Waals surface area contributed by atoms with Crippen LogP contribution in [0, 0.1) is 5.92 Å². The van der Waals surface area contributed by atoms with Crippen LogP contribution in [0.5, 0.6) is 0 Å². The van der Waals surface area contributed by atoms with Crippen LogP contribution < -0.4 is 5.73 Å². The highest BCUT2D eigenvalue weighted by molar-refractivity contribution is 9.10. The fourth-order valence-electron chi connectivity index (χ4n) is 3.08. The van der Waals surface area contributed by atoms with Gasteiger partial charge in [-0.2, -0.15) is 0 Å². The summed E-state index contributed by atoms with van der Waals surface area (Å²) in [6.45, 7) is 0.927. The van der Waals surface area contributed by atoms with E-state index in [9.17, 15) is 4.79 Å². The molecule has 0 radical (unpaired) electrons. The molecule has 2 unspecified atom stereocenters. The number of fused-ring (bicyclic) bond motifs is 2. The van der Waals surface area contributed by atoms with Gasteiger partial charge in [0.15, 0.2) is 0 Å². The first-order valence-electron chi connectivity index (χ1n) is 6.00. The first-order chi connectivity index (χ1) is 8.13. The predicted molar refractivity (Wildman–Crippen MR) is 70.7 cm³/mol. The van der Waals surface area contributed by atoms with Gasteiger partial charge in [0.05, 0.1) is 0 Å². The summed E-state index contributed by atoms with van der Waals surface area (Å²) < 4.78 is 0.866. The van der Waals surface area contributed by atoms with Crippen LogP contribution in [-0.4, -0.2) is 23.4 Å². The molecule has 2 bridgehead atoms. The van der Waals surface area contributed by atoms with Crippen molar-refractivity contribution in [3.05, 3.63) is 28.2 Å². The summed E-state index contributed by atoms with van der Waals surface area (Å²) in [7, 11) is 0. The van der Waals surface area contributed by atoms with E-state index in [4.69, 9.17) is 5.73 Å². The van der Waals surface area contributed by atoms with Crippen LogP contribution in [0.3, 0.4) is 0 Å². The first kappa shape index (κ1) is 11.1. The van der Waals surface area contributed by atoms with E-state index in [0.717, 1.165) is 16.9 Å². The Morgan fingerprint density at radius 1 is 1.35 bits per heavy atom. The molecule has 4 heteroatoms. The lowest BCUT2D eigenvalue weighted by Gasteiger charge is -2.27. The highest BCUT2D eigenvalue weighted by Gasteiger charge is 2.40. The summed E-state index contributed by atoms with van der Waals surface area (Å²) in [4.78, 5) is 14.4. The summed E-state index contributed by atoms with van der Waals surface area (Å²) in [5.41, 5.74) is 7.10. The number of hydrogen-bond donors (Lipinski definition) is 1. The van der Waals surface area contributed by atoms with E-state index in [1.165, 1.54) is 19.3 Å². The van der Waals surface area contributed by atoms with Gasteiger partial charge in [0.1, 0.15) is 0 Å². The molecule has 2 atom stereocenters. The minimum absolute atomic E-state index is 0.130. The topological polar surface area (TPSA) is 46.3 Å². The summed E-state index contributed by atoms with van der Waals surface area (Å²) in [5, 5.41) is 0. The molecule has 90 valence electrons. The monoisotopic (exact) mass is 294 g/mol. The maximum absolute atomic E-state index is 12.4. The van der Waals surface area contributed by atoms with Crippen molar-refractivity contribution >= 4 is 27.5 Å². The third-order valence-corrected chi connectivity index (χ3v) is 4.29. The van der Waals surface area contributed by atoms with E-state index in [-0.39, 0.29) is 5.91 Å². The van der Waals surface area contributed by atoms with Gasteiger partial charge in [-0.1, -0.05) is 15.9 Å². The summed E-state index contributed by atoms with van der Waals surface area (Å²) in [5.74, 6) is 0.860. The van der Waals surface area contributed by atoms with Crippen LogP contribution in [0.25, 0.3) is 0 Å². The number of likely N-dealkylation sites (tertiary alicyclic amines) is 1. The molecule has 3 nitrogen and oxygen atoms in total. The molecule has 1 amide bonds. The number of piperidine rings is 1. The molecule has 3 rings (SSSR count). The molecule has 1 aliphatic carbocycles. The second kappa shape index (κ2) is 4.02. The number of rotatable bonds is 1.